The van der Waals surface area contributed by atoms with E-state index in [1.165, 1.54) is 0 Å². The topological polar surface area (TPSA) is 102 Å². The highest BCUT2D eigenvalue weighted by molar-refractivity contribution is 5.89. The standard InChI is InChI=1S/C13H14N2O4/c16-9-1-2-10-8(7-15-11(10)6-9)5-12(17)14-4-3-13(18)19/h1-2,6-7,15-16H,3-5H2,(H,14,17)(H,18,19). The van der Waals surface area contributed by atoms with Crippen molar-refractivity contribution in [3.63, 3.8) is 0 Å². The predicted molar refractivity (Wildman–Crippen MR) is 68.9 cm³/mol. The molecule has 6 nitrogen and oxygen atoms in total. The largest absolute Gasteiger partial charge is 0.508 e. The number of aliphatic carboxylic acids is 1. The van der Waals surface area contributed by atoms with E-state index in [4.69, 9.17) is 5.11 Å². The maximum absolute atomic E-state index is 11.6. The number of aromatic hydroxyl groups is 1. The molecule has 0 saturated carbocycles. The second kappa shape index (κ2) is 5.43. The van der Waals surface area contributed by atoms with E-state index in [0.717, 1.165) is 16.5 Å². The van der Waals surface area contributed by atoms with Crippen LogP contribution in [0.2, 0.25) is 0 Å². The van der Waals surface area contributed by atoms with Crippen LogP contribution in [0, 0.1) is 0 Å². The summed E-state index contributed by atoms with van der Waals surface area (Å²) in [5.41, 5.74) is 1.57. The number of carbonyl (C=O) groups is 2. The highest BCUT2D eigenvalue weighted by Crippen LogP contribution is 2.22. The van der Waals surface area contributed by atoms with E-state index < -0.39 is 5.97 Å². The van der Waals surface area contributed by atoms with Crippen molar-refractivity contribution >= 4 is 22.8 Å². The molecule has 1 aromatic carbocycles. The number of hydrogen-bond donors (Lipinski definition) is 4. The molecule has 2 rings (SSSR count). The smallest absolute Gasteiger partial charge is 0.305 e. The van der Waals surface area contributed by atoms with E-state index >= 15 is 0 Å². The third-order valence-electron chi connectivity index (χ3n) is 2.76. The molecule has 0 spiro atoms. The summed E-state index contributed by atoms with van der Waals surface area (Å²) in [6.45, 7) is 0.122. The zero-order valence-corrected chi connectivity index (χ0v) is 10.1. The third-order valence-corrected chi connectivity index (χ3v) is 2.76. The van der Waals surface area contributed by atoms with Crippen molar-refractivity contribution in [2.24, 2.45) is 0 Å². The Morgan fingerprint density at radius 2 is 2.11 bits per heavy atom. The molecular formula is C13H14N2O4. The number of phenolic OH excluding ortho intramolecular Hbond substituents is 1. The van der Waals surface area contributed by atoms with Crippen LogP contribution >= 0.6 is 0 Å². The number of aromatic amines is 1. The van der Waals surface area contributed by atoms with Crippen molar-refractivity contribution in [1.82, 2.24) is 10.3 Å². The normalized spacial score (nSPS) is 10.5. The van der Waals surface area contributed by atoms with Gasteiger partial charge in [-0.25, -0.2) is 0 Å². The van der Waals surface area contributed by atoms with Crippen LogP contribution in [0.15, 0.2) is 24.4 Å². The van der Waals surface area contributed by atoms with Gasteiger partial charge in [0.1, 0.15) is 5.75 Å². The summed E-state index contributed by atoms with van der Waals surface area (Å²) >= 11 is 0. The molecule has 1 heterocycles. The van der Waals surface area contributed by atoms with Crippen molar-refractivity contribution in [1.29, 1.82) is 0 Å². The number of amides is 1. The van der Waals surface area contributed by atoms with Crippen LogP contribution in [-0.4, -0.2) is 33.6 Å². The number of nitrogens with one attached hydrogen (secondary N) is 2. The first-order valence-electron chi connectivity index (χ1n) is 5.84. The Balaban J connectivity index is 2.01. The fourth-order valence-corrected chi connectivity index (χ4v) is 1.86. The van der Waals surface area contributed by atoms with Gasteiger partial charge in [-0.05, 0) is 17.7 Å². The minimum Gasteiger partial charge on any atom is -0.508 e. The van der Waals surface area contributed by atoms with Crippen molar-refractivity contribution in [2.45, 2.75) is 12.8 Å². The van der Waals surface area contributed by atoms with Gasteiger partial charge >= 0.3 is 5.97 Å². The number of carbonyl (C=O) groups excluding carboxylic acids is 1. The fraction of sp³-hybridized carbons (Fsp3) is 0.231. The van der Waals surface area contributed by atoms with Gasteiger partial charge in [0, 0.05) is 29.7 Å². The molecule has 2 aromatic rings. The third kappa shape index (κ3) is 3.25. The zero-order chi connectivity index (χ0) is 13.8. The Bertz CT molecular complexity index is 618. The molecule has 100 valence electrons. The highest BCUT2D eigenvalue weighted by atomic mass is 16.4. The lowest BCUT2D eigenvalue weighted by Gasteiger charge is -2.02. The summed E-state index contributed by atoms with van der Waals surface area (Å²) in [5, 5.41) is 21.2. The van der Waals surface area contributed by atoms with Crippen LogP contribution < -0.4 is 5.32 Å². The number of hydrogen-bond acceptors (Lipinski definition) is 3. The summed E-state index contributed by atoms with van der Waals surface area (Å²) in [6, 6.07) is 4.88. The van der Waals surface area contributed by atoms with Crippen LogP contribution in [0.1, 0.15) is 12.0 Å². The summed E-state index contributed by atoms with van der Waals surface area (Å²) < 4.78 is 0. The van der Waals surface area contributed by atoms with E-state index in [0.29, 0.717) is 0 Å². The van der Waals surface area contributed by atoms with Crippen molar-refractivity contribution in [3.8, 4) is 5.75 Å². The molecule has 6 heteroatoms. The number of benzene rings is 1. The van der Waals surface area contributed by atoms with E-state index in [1.807, 2.05) is 0 Å². The molecular weight excluding hydrogens is 248 g/mol. The molecule has 1 aromatic heterocycles. The van der Waals surface area contributed by atoms with E-state index in [9.17, 15) is 14.7 Å². The Kier molecular flexibility index (Phi) is 3.70. The Labute approximate surface area is 109 Å². The molecule has 0 aliphatic rings. The highest BCUT2D eigenvalue weighted by Gasteiger charge is 2.09. The monoisotopic (exact) mass is 262 g/mol. The summed E-state index contributed by atoms with van der Waals surface area (Å²) in [5.74, 6) is -1.01. The molecule has 0 radical (unpaired) electrons. The first kappa shape index (κ1) is 12.9. The van der Waals surface area contributed by atoms with Gasteiger partial charge in [-0.15, -0.1) is 0 Å². The minimum atomic E-state index is -0.942. The van der Waals surface area contributed by atoms with E-state index in [2.05, 4.69) is 10.3 Å². The molecule has 0 aliphatic heterocycles. The fourth-order valence-electron chi connectivity index (χ4n) is 1.86. The summed E-state index contributed by atoms with van der Waals surface area (Å²) in [6.07, 6.45) is 1.79. The number of rotatable bonds is 5. The zero-order valence-electron chi connectivity index (χ0n) is 10.1. The number of fused-ring (bicyclic) bond motifs is 1. The van der Waals surface area contributed by atoms with Gasteiger partial charge in [-0.1, -0.05) is 0 Å². The average molecular weight is 262 g/mol. The van der Waals surface area contributed by atoms with Crippen LogP contribution in [0.4, 0.5) is 0 Å². The van der Waals surface area contributed by atoms with Crippen LogP contribution in [0.3, 0.4) is 0 Å². The molecule has 0 atom stereocenters. The number of phenols is 1. The van der Waals surface area contributed by atoms with Gasteiger partial charge in [0.2, 0.25) is 5.91 Å². The first-order valence-corrected chi connectivity index (χ1v) is 5.84. The van der Waals surface area contributed by atoms with Crippen molar-refractivity contribution in [2.75, 3.05) is 6.54 Å². The second-order valence-electron chi connectivity index (χ2n) is 4.21. The minimum absolute atomic E-state index is 0.0898. The molecule has 4 N–H and O–H groups in total. The summed E-state index contributed by atoms with van der Waals surface area (Å²) in [7, 11) is 0. The lowest BCUT2D eigenvalue weighted by Crippen LogP contribution is -2.27. The van der Waals surface area contributed by atoms with Gasteiger partial charge in [-0.2, -0.15) is 0 Å². The number of aromatic nitrogens is 1. The van der Waals surface area contributed by atoms with E-state index in [1.54, 1.807) is 24.4 Å². The van der Waals surface area contributed by atoms with Crippen molar-refractivity contribution < 1.29 is 19.8 Å². The molecule has 0 fully saturated rings. The Morgan fingerprint density at radius 1 is 1.32 bits per heavy atom. The van der Waals surface area contributed by atoms with Crippen LogP contribution in [0.5, 0.6) is 5.75 Å². The molecule has 1 amide bonds. The van der Waals surface area contributed by atoms with Crippen LogP contribution in [-0.2, 0) is 16.0 Å². The number of carboxylic acids is 1. The first-order chi connectivity index (χ1) is 9.06. The Morgan fingerprint density at radius 3 is 2.84 bits per heavy atom. The van der Waals surface area contributed by atoms with Crippen LogP contribution in [0.25, 0.3) is 10.9 Å². The SMILES string of the molecule is O=C(O)CCNC(=O)Cc1c[nH]c2cc(O)ccc12. The molecule has 19 heavy (non-hydrogen) atoms. The molecule has 0 saturated heterocycles. The maximum atomic E-state index is 11.6. The van der Waals surface area contributed by atoms with Gasteiger partial charge in [-0.3, -0.25) is 9.59 Å². The Hall–Kier alpha value is -2.50. The molecule has 0 aliphatic carbocycles. The summed E-state index contributed by atoms with van der Waals surface area (Å²) in [4.78, 5) is 24.9. The lowest BCUT2D eigenvalue weighted by atomic mass is 10.1. The van der Waals surface area contributed by atoms with Gasteiger partial charge in [0.25, 0.3) is 0 Å². The second-order valence-corrected chi connectivity index (χ2v) is 4.21. The molecule has 0 unspecified atom stereocenters. The number of H-pyrrole nitrogens is 1. The predicted octanol–water partition coefficient (Wildman–Crippen LogP) is 1.01. The lowest BCUT2D eigenvalue weighted by molar-refractivity contribution is -0.136. The van der Waals surface area contributed by atoms with E-state index in [-0.39, 0.29) is 31.0 Å². The van der Waals surface area contributed by atoms with Gasteiger partial charge in [0.05, 0.1) is 12.8 Å². The van der Waals surface area contributed by atoms with Crippen molar-refractivity contribution in [3.05, 3.63) is 30.0 Å². The maximum Gasteiger partial charge on any atom is 0.305 e. The quantitative estimate of drug-likeness (QED) is 0.645. The van der Waals surface area contributed by atoms with Gasteiger partial charge in [0.15, 0.2) is 0 Å². The number of carboxylic acid groups (broad SMARTS) is 1. The van der Waals surface area contributed by atoms with Gasteiger partial charge < -0.3 is 20.5 Å². The molecule has 0 bridgehead atoms. The average Bonchev–Trinajstić information content (AvgIpc) is 2.71.